The average molecular weight is 439 g/mol. The van der Waals surface area contributed by atoms with Gasteiger partial charge in [0, 0.05) is 17.8 Å². The minimum absolute atomic E-state index is 0.0317. The molecule has 158 valence electrons. The van der Waals surface area contributed by atoms with Crippen molar-refractivity contribution in [1.82, 2.24) is 19.6 Å². The van der Waals surface area contributed by atoms with Gasteiger partial charge in [-0.15, -0.1) is 0 Å². The number of nitrogens with zero attached hydrogens (tertiary/aromatic N) is 4. The largest absolute Gasteiger partial charge is 0.435 e. The fraction of sp³-hybridized carbons (Fsp3) is 0.278. The Bertz CT molecular complexity index is 1180. The van der Waals surface area contributed by atoms with E-state index in [4.69, 9.17) is 0 Å². The Hall–Kier alpha value is -3.15. The highest BCUT2D eigenvalue weighted by Crippen LogP contribution is 2.28. The highest BCUT2D eigenvalue weighted by atomic mass is 32.2. The molecule has 1 unspecified atom stereocenters. The van der Waals surface area contributed by atoms with Crippen LogP contribution in [0.5, 0.6) is 0 Å². The Balaban J connectivity index is 1.48. The first-order valence-electron chi connectivity index (χ1n) is 8.91. The summed E-state index contributed by atoms with van der Waals surface area (Å²) in [7, 11) is -3.11. The van der Waals surface area contributed by atoms with Crippen molar-refractivity contribution in [1.29, 1.82) is 0 Å². The lowest BCUT2D eigenvalue weighted by molar-refractivity contribution is -0.141. The number of benzene rings is 1. The molecule has 1 N–H and O–H groups in total. The zero-order chi connectivity index (χ0) is 21.5. The van der Waals surface area contributed by atoms with Gasteiger partial charge in [0.05, 0.1) is 29.4 Å². The van der Waals surface area contributed by atoms with E-state index in [0.29, 0.717) is 17.9 Å². The molecule has 1 fully saturated rings. The van der Waals surface area contributed by atoms with Crippen molar-refractivity contribution in [2.24, 2.45) is 0 Å². The summed E-state index contributed by atoms with van der Waals surface area (Å²) in [4.78, 5) is 12.5. The van der Waals surface area contributed by atoms with Crippen LogP contribution >= 0.6 is 0 Å². The molecule has 1 saturated heterocycles. The topological polar surface area (TPSA) is 98.9 Å². The summed E-state index contributed by atoms with van der Waals surface area (Å²) in [6.45, 7) is 0. The van der Waals surface area contributed by atoms with E-state index < -0.39 is 27.6 Å². The van der Waals surface area contributed by atoms with Crippen molar-refractivity contribution in [2.75, 3.05) is 16.8 Å². The molecule has 0 radical (unpaired) electrons. The molecule has 0 aliphatic carbocycles. The van der Waals surface area contributed by atoms with Crippen LogP contribution in [0.3, 0.4) is 0 Å². The fourth-order valence-corrected chi connectivity index (χ4v) is 4.94. The SMILES string of the molecule is O=C(Nc1ccnn1C1CCS(=O)(=O)C1)c1ccc(-n2ccc(C(F)(F)F)n2)cc1. The smallest absolute Gasteiger partial charge is 0.307 e. The molecule has 1 aliphatic heterocycles. The lowest BCUT2D eigenvalue weighted by atomic mass is 10.2. The van der Waals surface area contributed by atoms with E-state index in [1.807, 2.05) is 0 Å². The molecule has 2 aromatic heterocycles. The highest BCUT2D eigenvalue weighted by molar-refractivity contribution is 7.91. The molecule has 1 amide bonds. The number of sulfone groups is 1. The molecule has 8 nitrogen and oxygen atoms in total. The van der Waals surface area contributed by atoms with E-state index in [0.717, 1.165) is 10.7 Å². The minimum Gasteiger partial charge on any atom is -0.307 e. The Morgan fingerprint density at radius 2 is 1.87 bits per heavy atom. The highest BCUT2D eigenvalue weighted by Gasteiger charge is 2.33. The molecule has 1 aliphatic rings. The summed E-state index contributed by atoms with van der Waals surface area (Å²) in [5.41, 5.74) is -0.372. The summed E-state index contributed by atoms with van der Waals surface area (Å²) >= 11 is 0. The number of rotatable bonds is 4. The third kappa shape index (κ3) is 4.08. The van der Waals surface area contributed by atoms with Gasteiger partial charge < -0.3 is 5.32 Å². The number of anilines is 1. The quantitative estimate of drug-likeness (QED) is 0.674. The van der Waals surface area contributed by atoms with E-state index in [1.165, 1.54) is 41.3 Å². The maximum atomic E-state index is 12.7. The molecule has 3 heterocycles. The molecule has 30 heavy (non-hydrogen) atoms. The van der Waals surface area contributed by atoms with E-state index in [2.05, 4.69) is 15.5 Å². The fourth-order valence-electron chi connectivity index (χ4n) is 3.25. The summed E-state index contributed by atoms with van der Waals surface area (Å²) in [6, 6.07) is 7.96. The van der Waals surface area contributed by atoms with Gasteiger partial charge in [0.25, 0.3) is 5.91 Å². The number of carbonyl (C=O) groups excluding carboxylic acids is 1. The predicted molar refractivity (Wildman–Crippen MR) is 101 cm³/mol. The Labute approximate surface area is 169 Å². The van der Waals surface area contributed by atoms with Crippen LogP contribution in [0.15, 0.2) is 48.8 Å². The molecule has 0 bridgehead atoms. The lowest BCUT2D eigenvalue weighted by Crippen LogP contribution is -2.19. The van der Waals surface area contributed by atoms with Crippen LogP contribution in [-0.2, 0) is 16.0 Å². The van der Waals surface area contributed by atoms with Crippen molar-refractivity contribution < 1.29 is 26.4 Å². The van der Waals surface area contributed by atoms with Gasteiger partial charge in [-0.1, -0.05) is 0 Å². The molecule has 0 spiro atoms. The van der Waals surface area contributed by atoms with Gasteiger partial charge in [0.15, 0.2) is 15.5 Å². The minimum atomic E-state index is -4.54. The maximum absolute atomic E-state index is 12.7. The Morgan fingerprint density at radius 3 is 2.47 bits per heavy atom. The van der Waals surface area contributed by atoms with Crippen LogP contribution in [0.4, 0.5) is 19.0 Å². The summed E-state index contributed by atoms with van der Waals surface area (Å²) in [6.07, 6.45) is -1.45. The van der Waals surface area contributed by atoms with Gasteiger partial charge >= 0.3 is 6.18 Å². The normalized spacial score (nSPS) is 18.4. The Morgan fingerprint density at radius 1 is 1.13 bits per heavy atom. The second-order valence-electron chi connectivity index (χ2n) is 6.86. The number of alkyl halides is 3. The zero-order valence-corrected chi connectivity index (χ0v) is 16.2. The first-order valence-corrected chi connectivity index (χ1v) is 10.7. The first kappa shape index (κ1) is 20.1. The van der Waals surface area contributed by atoms with Crippen LogP contribution in [0.25, 0.3) is 5.69 Å². The number of aromatic nitrogens is 4. The number of hydrogen-bond acceptors (Lipinski definition) is 5. The number of amides is 1. The van der Waals surface area contributed by atoms with Crippen molar-refractivity contribution in [2.45, 2.75) is 18.6 Å². The lowest BCUT2D eigenvalue weighted by Gasteiger charge is -2.14. The van der Waals surface area contributed by atoms with Crippen molar-refractivity contribution in [3.8, 4) is 5.69 Å². The van der Waals surface area contributed by atoms with Crippen LogP contribution in [0.1, 0.15) is 28.5 Å². The Kier molecular flexibility index (Phi) is 4.88. The van der Waals surface area contributed by atoms with Gasteiger partial charge in [0.1, 0.15) is 5.82 Å². The maximum Gasteiger partial charge on any atom is 0.435 e. The summed E-state index contributed by atoms with van der Waals surface area (Å²) in [5, 5.41) is 10.3. The summed E-state index contributed by atoms with van der Waals surface area (Å²) in [5.74, 6) is -0.0417. The molecule has 12 heteroatoms. The van der Waals surface area contributed by atoms with Gasteiger partial charge in [-0.25, -0.2) is 17.8 Å². The first-order chi connectivity index (χ1) is 14.1. The van der Waals surface area contributed by atoms with Crippen LogP contribution < -0.4 is 5.32 Å². The molecule has 4 rings (SSSR count). The molecule has 0 saturated carbocycles. The van der Waals surface area contributed by atoms with Gasteiger partial charge in [-0.3, -0.25) is 4.79 Å². The molecule has 1 aromatic carbocycles. The monoisotopic (exact) mass is 439 g/mol. The zero-order valence-electron chi connectivity index (χ0n) is 15.4. The van der Waals surface area contributed by atoms with Crippen LogP contribution in [0, 0.1) is 0 Å². The second kappa shape index (κ2) is 7.27. The number of halogens is 3. The number of carbonyl (C=O) groups is 1. The second-order valence-corrected chi connectivity index (χ2v) is 9.09. The molecular weight excluding hydrogens is 423 g/mol. The third-order valence-electron chi connectivity index (χ3n) is 4.74. The van der Waals surface area contributed by atoms with Crippen molar-refractivity contribution in [3.63, 3.8) is 0 Å². The van der Waals surface area contributed by atoms with Gasteiger partial charge in [0.2, 0.25) is 0 Å². The number of hydrogen-bond donors (Lipinski definition) is 1. The molecule has 1 atom stereocenters. The predicted octanol–water partition coefficient (Wildman–Crippen LogP) is 2.70. The van der Waals surface area contributed by atoms with E-state index in [1.54, 1.807) is 6.07 Å². The van der Waals surface area contributed by atoms with Crippen molar-refractivity contribution in [3.05, 3.63) is 60.0 Å². The van der Waals surface area contributed by atoms with Crippen LogP contribution in [0.2, 0.25) is 0 Å². The van der Waals surface area contributed by atoms with Gasteiger partial charge in [-0.05, 0) is 36.8 Å². The van der Waals surface area contributed by atoms with E-state index >= 15 is 0 Å². The van der Waals surface area contributed by atoms with Gasteiger partial charge in [-0.2, -0.15) is 23.4 Å². The van der Waals surface area contributed by atoms with E-state index in [9.17, 15) is 26.4 Å². The van der Waals surface area contributed by atoms with Crippen molar-refractivity contribution >= 4 is 21.6 Å². The molecule has 3 aromatic rings. The summed E-state index contributed by atoms with van der Waals surface area (Å²) < 4.78 is 64.0. The third-order valence-corrected chi connectivity index (χ3v) is 6.49. The standard InChI is InChI=1S/C18H16F3N5O3S/c19-18(20,21)15-6-9-25(24-15)13-3-1-12(2-4-13)17(27)23-16-5-8-22-26(16)14-7-10-30(28,29)11-14/h1-6,8-9,14H,7,10-11H2,(H,23,27). The average Bonchev–Trinajstić information content (AvgIpc) is 3.40. The molecular formula is C18H16F3N5O3S. The van der Waals surface area contributed by atoms with E-state index in [-0.39, 0.29) is 23.1 Å². The number of nitrogens with one attached hydrogen (secondary N) is 1. The van der Waals surface area contributed by atoms with Crippen LogP contribution in [-0.4, -0.2) is 45.4 Å².